The molecule has 2 N–H and O–H groups in total. The second-order valence-electron chi connectivity index (χ2n) is 19.1. The largest absolute Gasteiger partial charge is 0.465 e. The number of nitrogens with zero attached hydrogens (tertiary/aromatic N) is 3. The van der Waals surface area contributed by atoms with E-state index in [1.165, 1.54) is 16.9 Å². The van der Waals surface area contributed by atoms with E-state index >= 15 is 0 Å². The van der Waals surface area contributed by atoms with E-state index in [0.29, 0.717) is 66.8 Å². The highest BCUT2D eigenvalue weighted by Crippen LogP contribution is 2.55. The molecule has 3 aromatic carbocycles. The second kappa shape index (κ2) is 21.1. The van der Waals surface area contributed by atoms with Crippen LogP contribution in [0.15, 0.2) is 84.9 Å². The van der Waals surface area contributed by atoms with Crippen molar-refractivity contribution in [2.45, 2.75) is 145 Å². The average Bonchev–Trinajstić information content (AvgIpc) is 3.58. The van der Waals surface area contributed by atoms with E-state index in [2.05, 4.69) is 27.4 Å². The Balaban J connectivity index is 1.02. The van der Waals surface area contributed by atoms with E-state index in [-0.39, 0.29) is 67.5 Å². The summed E-state index contributed by atoms with van der Waals surface area (Å²) in [7, 11) is -3.76. The van der Waals surface area contributed by atoms with Gasteiger partial charge in [-0.3, -0.25) is 23.7 Å². The Morgan fingerprint density at radius 1 is 0.971 bits per heavy atom. The van der Waals surface area contributed by atoms with Crippen LogP contribution >= 0.6 is 18.9 Å². The molecule has 1 saturated carbocycles. The van der Waals surface area contributed by atoms with Crippen LogP contribution in [0.4, 0.5) is 13.2 Å². The first-order valence-corrected chi connectivity index (χ1v) is 26.8. The number of rotatable bonds is 18. The molecule has 1 spiro atoms. The first kappa shape index (κ1) is 49.7. The monoisotopic (exact) mass is 977 g/mol. The Labute approximate surface area is 400 Å². The van der Waals surface area contributed by atoms with Gasteiger partial charge in [-0.15, -0.1) is 11.3 Å². The lowest BCUT2D eigenvalue weighted by atomic mass is 9.93. The van der Waals surface area contributed by atoms with Crippen molar-refractivity contribution < 1.29 is 46.2 Å². The molecule has 2 unspecified atom stereocenters. The number of nitrogens with one attached hydrogen (secondary N) is 2. The van der Waals surface area contributed by atoms with Gasteiger partial charge in [0.25, 0.3) is 5.91 Å². The third-order valence-electron chi connectivity index (χ3n) is 14.2. The van der Waals surface area contributed by atoms with Gasteiger partial charge in [-0.2, -0.15) is 13.2 Å². The number of thiophene rings is 1. The molecule has 4 aromatic rings. The number of benzene rings is 3. The molecule has 0 bridgehead atoms. The van der Waals surface area contributed by atoms with E-state index < -0.39 is 50.1 Å². The predicted octanol–water partition coefficient (Wildman–Crippen LogP) is 9.83. The van der Waals surface area contributed by atoms with Crippen LogP contribution in [0.2, 0.25) is 0 Å². The van der Waals surface area contributed by atoms with Gasteiger partial charge in [0.1, 0.15) is 23.9 Å². The molecule has 1 aliphatic carbocycles. The van der Waals surface area contributed by atoms with E-state index in [1.54, 1.807) is 48.2 Å². The van der Waals surface area contributed by atoms with Crippen molar-refractivity contribution in [2.75, 3.05) is 26.2 Å². The molecular weight excluding hydrogens is 915 g/mol. The summed E-state index contributed by atoms with van der Waals surface area (Å²) in [6.07, 6.45) is 0.406. The molecule has 8 rings (SSSR count). The number of likely N-dealkylation sites (tertiary alicyclic amines) is 1. The normalized spacial score (nSPS) is 23.8. The Kier molecular flexibility index (Phi) is 15.4. The molecule has 7 atom stereocenters. The van der Waals surface area contributed by atoms with Crippen LogP contribution in [-0.2, 0) is 29.8 Å². The van der Waals surface area contributed by atoms with Crippen molar-refractivity contribution in [2.24, 2.45) is 0 Å². The quantitative estimate of drug-likeness (QED) is 0.0738. The fourth-order valence-corrected chi connectivity index (χ4v) is 13.6. The molecule has 4 fully saturated rings. The van der Waals surface area contributed by atoms with Gasteiger partial charge in [0.15, 0.2) is 0 Å². The highest BCUT2D eigenvalue weighted by atomic mass is 32.1. The smallest absolute Gasteiger partial charge is 0.389 e. The number of halogens is 3. The summed E-state index contributed by atoms with van der Waals surface area (Å²) in [6.45, 7) is 6.97. The van der Waals surface area contributed by atoms with Gasteiger partial charge in [0, 0.05) is 41.2 Å². The summed E-state index contributed by atoms with van der Waals surface area (Å²) < 4.78 is 66.5. The van der Waals surface area contributed by atoms with Crippen molar-refractivity contribution >= 4 is 52.6 Å². The van der Waals surface area contributed by atoms with E-state index in [4.69, 9.17) is 9.26 Å². The van der Waals surface area contributed by atoms with Gasteiger partial charge in [0.05, 0.1) is 17.6 Å². The molecule has 3 amide bonds. The molecule has 3 aliphatic heterocycles. The Morgan fingerprint density at radius 2 is 1.71 bits per heavy atom. The molecule has 4 heterocycles. The van der Waals surface area contributed by atoms with E-state index in [9.17, 15) is 36.9 Å². The van der Waals surface area contributed by atoms with Crippen LogP contribution < -0.4 is 14.9 Å². The van der Waals surface area contributed by atoms with Gasteiger partial charge in [0.2, 0.25) is 11.8 Å². The minimum absolute atomic E-state index is 0.0450. The lowest BCUT2D eigenvalue weighted by molar-refractivity contribution is -0.148. The second-order valence-corrected chi connectivity index (χ2v) is 22.2. The number of carbonyl (C=O) groups is 4. The van der Waals surface area contributed by atoms with Crippen LogP contribution in [0.3, 0.4) is 0 Å². The maximum absolute atomic E-state index is 15.0. The number of amides is 3. The van der Waals surface area contributed by atoms with Gasteiger partial charge >= 0.3 is 19.7 Å². The minimum atomic E-state index is -4.26. The van der Waals surface area contributed by atoms with Gasteiger partial charge in [-0.25, -0.2) is 5.09 Å². The van der Waals surface area contributed by atoms with Crippen molar-refractivity contribution in [3.63, 3.8) is 0 Å². The molecule has 68 heavy (non-hydrogen) atoms. The molecule has 4 aliphatic rings. The number of fused-ring (bicyclic) bond motifs is 2. The number of para-hydroxylation sites is 1. The SMILES string of the molecule is CCCOC(=O)[C@H](C)NP(=O)(Cc1ccc2sc(C(=O)NC3CC[C@H](N(CC)CCCC(F)(F)F)C[C@H]4CC[C@@H](C(=O)N5C[C@H](c6ccccc6)CC56CC6)N4C3=O)cc2c1)Oc1ccccc1. The maximum atomic E-state index is 15.0. The molecule has 1 aromatic heterocycles. The van der Waals surface area contributed by atoms with Gasteiger partial charge in [-0.1, -0.05) is 68.4 Å². The fraction of sp³-hybridized carbons (Fsp3) is 0.529. The number of alkyl halides is 3. The van der Waals surface area contributed by atoms with Gasteiger partial charge < -0.3 is 29.3 Å². The van der Waals surface area contributed by atoms with Crippen LogP contribution in [0.1, 0.15) is 118 Å². The Hall–Kier alpha value is -4.76. The molecule has 17 heteroatoms. The molecule has 0 radical (unpaired) electrons. The Bertz CT molecular complexity index is 2470. The summed E-state index contributed by atoms with van der Waals surface area (Å²) in [5.74, 6) is -0.814. The van der Waals surface area contributed by atoms with Crippen LogP contribution in [-0.4, -0.2) is 107 Å². The lowest BCUT2D eigenvalue weighted by Gasteiger charge is -2.41. The predicted molar refractivity (Wildman–Crippen MR) is 257 cm³/mol. The highest BCUT2D eigenvalue weighted by molar-refractivity contribution is 7.56. The van der Waals surface area contributed by atoms with Crippen molar-refractivity contribution in [3.05, 3.63) is 101 Å². The minimum Gasteiger partial charge on any atom is -0.465 e. The summed E-state index contributed by atoms with van der Waals surface area (Å²) >= 11 is 1.25. The van der Waals surface area contributed by atoms with Crippen molar-refractivity contribution in [1.29, 1.82) is 0 Å². The van der Waals surface area contributed by atoms with Crippen LogP contribution in [0, 0.1) is 0 Å². The number of carbonyl (C=O) groups excluding carboxylic acids is 4. The number of hydrogen-bond donors (Lipinski definition) is 2. The Morgan fingerprint density at radius 3 is 2.40 bits per heavy atom. The standard InChI is InChI=1S/C51H63F3N5O7PS/c1-4-27-65-49(63)34(3)56-67(64,66-41-15-10-7-11-16-41)33-35-17-22-44-37(28-35)29-45(68-44)46(60)55-42-20-18-39(57(5-2)26-12-23-51(52,53)54)30-40-19-21-43(59(40)47(42)61)48(62)58-32-38(31-50(58)24-25-50)36-13-8-6-9-14-36/h6-11,13-17,22,28-29,34,38-40,42-43H,4-5,12,18-21,23-27,30-33H2,1-3H3,(H,55,60)(H,56,64)/t34-,38+,39-,40+,42?,43-,67?/m0/s1. The third kappa shape index (κ3) is 11.6. The first-order valence-electron chi connectivity index (χ1n) is 24.2. The zero-order valence-electron chi connectivity index (χ0n) is 39.0. The van der Waals surface area contributed by atoms with Crippen molar-refractivity contribution in [1.82, 2.24) is 25.1 Å². The number of hydrogen-bond acceptors (Lipinski definition) is 9. The summed E-state index contributed by atoms with van der Waals surface area (Å²) in [6, 6.07) is 23.0. The molecular formula is C51H63F3N5O7PS. The van der Waals surface area contributed by atoms with Gasteiger partial charge in [-0.05, 0) is 131 Å². The summed E-state index contributed by atoms with van der Waals surface area (Å²) in [4.78, 5) is 63.0. The zero-order chi connectivity index (χ0) is 48.2. The third-order valence-corrected chi connectivity index (χ3v) is 17.3. The van der Waals surface area contributed by atoms with Crippen molar-refractivity contribution in [3.8, 4) is 5.75 Å². The number of ether oxygens (including phenoxy) is 1. The summed E-state index contributed by atoms with van der Waals surface area (Å²) in [5.41, 5.74) is 1.61. The topological polar surface area (TPSA) is 138 Å². The zero-order valence-corrected chi connectivity index (χ0v) is 40.8. The summed E-state index contributed by atoms with van der Waals surface area (Å²) in [5, 5.41) is 6.66. The maximum Gasteiger partial charge on any atom is 0.389 e. The first-order chi connectivity index (χ1) is 32.6. The average molecular weight is 978 g/mol. The highest BCUT2D eigenvalue weighted by Gasteiger charge is 2.58. The molecule has 3 saturated heterocycles. The van der Waals surface area contributed by atoms with Crippen LogP contribution in [0.25, 0.3) is 10.1 Å². The lowest BCUT2D eigenvalue weighted by Crippen LogP contribution is -2.59. The van der Waals surface area contributed by atoms with E-state index in [0.717, 1.165) is 24.0 Å². The number of esters is 1. The van der Waals surface area contributed by atoms with Crippen LogP contribution in [0.5, 0.6) is 5.75 Å². The fourth-order valence-electron chi connectivity index (χ4n) is 10.7. The molecule has 366 valence electrons. The molecule has 12 nitrogen and oxygen atoms in total. The van der Waals surface area contributed by atoms with E-state index in [1.807, 2.05) is 55.1 Å².